The van der Waals surface area contributed by atoms with E-state index in [9.17, 15) is 9.59 Å². The second-order valence-electron chi connectivity index (χ2n) is 8.15. The van der Waals surface area contributed by atoms with Crippen LogP contribution < -0.4 is 0 Å². The Kier molecular flexibility index (Phi) is 5.20. The molecule has 0 aliphatic carbocycles. The van der Waals surface area contributed by atoms with Gasteiger partial charge in [-0.15, -0.1) is 0 Å². The summed E-state index contributed by atoms with van der Waals surface area (Å²) in [5, 5.41) is 4.26. The first-order chi connectivity index (χ1) is 13.5. The van der Waals surface area contributed by atoms with Gasteiger partial charge in [-0.05, 0) is 44.2 Å². The summed E-state index contributed by atoms with van der Waals surface area (Å²) in [5.74, 6) is 0.284. The van der Waals surface area contributed by atoms with Crippen LogP contribution in [0, 0.1) is 5.92 Å². The molecule has 0 radical (unpaired) electrons. The quantitative estimate of drug-likeness (QED) is 0.823. The SMILES string of the molecule is CC(C)n1cc(C(=O)N2CCC(C(=O)N3CCc4ccccc4C3)CC2)cn1. The Morgan fingerprint density at radius 3 is 2.43 bits per heavy atom. The Labute approximate surface area is 166 Å². The molecule has 1 aromatic carbocycles. The van der Waals surface area contributed by atoms with Gasteiger partial charge in [-0.1, -0.05) is 24.3 Å². The van der Waals surface area contributed by atoms with Gasteiger partial charge < -0.3 is 9.80 Å². The smallest absolute Gasteiger partial charge is 0.257 e. The van der Waals surface area contributed by atoms with Gasteiger partial charge in [0.05, 0.1) is 11.8 Å². The lowest BCUT2D eigenvalue weighted by molar-refractivity contribution is -0.137. The summed E-state index contributed by atoms with van der Waals surface area (Å²) in [6.07, 6.45) is 5.86. The number of nitrogens with zero attached hydrogens (tertiary/aromatic N) is 4. The fourth-order valence-electron chi connectivity index (χ4n) is 4.19. The fourth-order valence-corrected chi connectivity index (χ4v) is 4.19. The molecule has 0 bridgehead atoms. The summed E-state index contributed by atoms with van der Waals surface area (Å²) in [6.45, 7) is 6.85. The van der Waals surface area contributed by atoms with Crippen LogP contribution in [0.15, 0.2) is 36.7 Å². The van der Waals surface area contributed by atoms with E-state index in [1.165, 1.54) is 11.1 Å². The average molecular weight is 380 g/mol. The first kappa shape index (κ1) is 18.7. The molecule has 3 heterocycles. The van der Waals surface area contributed by atoms with Crippen LogP contribution in [0.3, 0.4) is 0 Å². The van der Waals surface area contributed by atoms with Gasteiger partial charge in [-0.3, -0.25) is 14.3 Å². The number of fused-ring (bicyclic) bond motifs is 1. The molecule has 2 aromatic rings. The molecule has 0 unspecified atom stereocenters. The van der Waals surface area contributed by atoms with Gasteiger partial charge >= 0.3 is 0 Å². The van der Waals surface area contributed by atoms with E-state index in [0.717, 1.165) is 25.8 Å². The lowest BCUT2D eigenvalue weighted by Gasteiger charge is -2.36. The minimum absolute atomic E-state index is 0.0182. The zero-order valence-corrected chi connectivity index (χ0v) is 16.7. The molecule has 1 aromatic heterocycles. The van der Waals surface area contributed by atoms with Crippen molar-refractivity contribution in [2.45, 2.75) is 45.7 Å². The highest BCUT2D eigenvalue weighted by Gasteiger charge is 2.32. The van der Waals surface area contributed by atoms with Crippen molar-refractivity contribution in [2.24, 2.45) is 5.92 Å². The molecule has 6 nitrogen and oxygen atoms in total. The molecular formula is C22H28N4O2. The molecule has 0 N–H and O–H groups in total. The van der Waals surface area contributed by atoms with Crippen LogP contribution in [0.2, 0.25) is 0 Å². The highest BCUT2D eigenvalue weighted by molar-refractivity contribution is 5.94. The number of likely N-dealkylation sites (tertiary alicyclic amines) is 1. The van der Waals surface area contributed by atoms with E-state index in [1.807, 2.05) is 35.9 Å². The highest BCUT2D eigenvalue weighted by atomic mass is 16.2. The number of rotatable bonds is 3. The van der Waals surface area contributed by atoms with Gasteiger partial charge in [0.2, 0.25) is 5.91 Å². The Hall–Kier alpha value is -2.63. The molecule has 0 atom stereocenters. The summed E-state index contributed by atoms with van der Waals surface area (Å²) in [6, 6.07) is 8.61. The third kappa shape index (κ3) is 3.68. The maximum atomic E-state index is 13.0. The van der Waals surface area contributed by atoms with Crippen LogP contribution in [0.25, 0.3) is 0 Å². The van der Waals surface area contributed by atoms with Gasteiger partial charge in [-0.25, -0.2) is 0 Å². The Morgan fingerprint density at radius 2 is 1.75 bits per heavy atom. The van der Waals surface area contributed by atoms with Crippen molar-refractivity contribution in [3.63, 3.8) is 0 Å². The summed E-state index contributed by atoms with van der Waals surface area (Å²) >= 11 is 0. The predicted octanol–water partition coefficient (Wildman–Crippen LogP) is 2.90. The molecule has 1 fully saturated rings. The molecule has 6 heteroatoms. The second-order valence-corrected chi connectivity index (χ2v) is 8.15. The summed E-state index contributed by atoms with van der Waals surface area (Å²) < 4.78 is 1.80. The average Bonchev–Trinajstić information content (AvgIpc) is 3.23. The van der Waals surface area contributed by atoms with Crippen LogP contribution >= 0.6 is 0 Å². The number of carbonyl (C=O) groups excluding carboxylic acids is 2. The molecule has 2 aliphatic rings. The van der Waals surface area contributed by atoms with Gasteiger partial charge in [-0.2, -0.15) is 5.10 Å². The summed E-state index contributed by atoms with van der Waals surface area (Å²) in [4.78, 5) is 29.6. The van der Waals surface area contributed by atoms with Crippen molar-refractivity contribution >= 4 is 11.8 Å². The lowest BCUT2D eigenvalue weighted by Crippen LogP contribution is -2.45. The van der Waals surface area contributed by atoms with Crippen LogP contribution in [0.4, 0.5) is 0 Å². The van der Waals surface area contributed by atoms with Gasteiger partial charge in [0.15, 0.2) is 0 Å². The summed E-state index contributed by atoms with van der Waals surface area (Å²) in [5.41, 5.74) is 3.25. The molecule has 28 heavy (non-hydrogen) atoms. The monoisotopic (exact) mass is 380 g/mol. The predicted molar refractivity (Wildman–Crippen MR) is 107 cm³/mol. The third-order valence-electron chi connectivity index (χ3n) is 5.95. The fraction of sp³-hybridized carbons (Fsp3) is 0.500. The van der Waals surface area contributed by atoms with Gasteiger partial charge in [0.1, 0.15) is 0 Å². The normalized spacial score (nSPS) is 17.7. The van der Waals surface area contributed by atoms with Crippen LogP contribution in [-0.4, -0.2) is 51.0 Å². The molecule has 2 aliphatic heterocycles. The zero-order valence-electron chi connectivity index (χ0n) is 16.7. The van der Waals surface area contributed by atoms with Crippen LogP contribution in [-0.2, 0) is 17.8 Å². The van der Waals surface area contributed by atoms with Crippen molar-refractivity contribution in [3.8, 4) is 0 Å². The van der Waals surface area contributed by atoms with E-state index >= 15 is 0 Å². The largest absolute Gasteiger partial charge is 0.339 e. The third-order valence-corrected chi connectivity index (χ3v) is 5.95. The van der Waals surface area contributed by atoms with E-state index in [-0.39, 0.29) is 23.8 Å². The Balaban J connectivity index is 1.33. The van der Waals surface area contributed by atoms with Crippen molar-refractivity contribution in [1.82, 2.24) is 19.6 Å². The number of piperidine rings is 1. The second kappa shape index (κ2) is 7.78. The van der Waals surface area contributed by atoms with Gasteiger partial charge in [0, 0.05) is 44.3 Å². The molecular weight excluding hydrogens is 352 g/mol. The van der Waals surface area contributed by atoms with E-state index < -0.39 is 0 Å². The molecule has 1 saturated heterocycles. The molecule has 0 spiro atoms. The molecule has 0 saturated carbocycles. The van der Waals surface area contributed by atoms with Crippen molar-refractivity contribution in [1.29, 1.82) is 0 Å². The van der Waals surface area contributed by atoms with E-state index in [4.69, 9.17) is 0 Å². The first-order valence-corrected chi connectivity index (χ1v) is 10.2. The number of benzene rings is 1. The lowest BCUT2D eigenvalue weighted by atomic mass is 9.93. The van der Waals surface area contributed by atoms with Crippen molar-refractivity contribution in [2.75, 3.05) is 19.6 Å². The first-order valence-electron chi connectivity index (χ1n) is 10.2. The number of hydrogen-bond acceptors (Lipinski definition) is 3. The number of aromatic nitrogens is 2. The number of hydrogen-bond donors (Lipinski definition) is 0. The molecule has 148 valence electrons. The topological polar surface area (TPSA) is 58.4 Å². The van der Waals surface area contributed by atoms with E-state index in [0.29, 0.717) is 25.2 Å². The molecule has 2 amide bonds. The van der Waals surface area contributed by atoms with E-state index in [2.05, 4.69) is 23.3 Å². The maximum Gasteiger partial charge on any atom is 0.257 e. The standard InChI is InChI=1S/C22H28N4O2/c1-16(2)26-15-20(13-23-26)22(28)24-10-8-18(9-11-24)21(27)25-12-7-17-5-3-4-6-19(17)14-25/h3-6,13,15-16,18H,7-12,14H2,1-2H3. The molecule has 4 rings (SSSR count). The summed E-state index contributed by atoms with van der Waals surface area (Å²) in [7, 11) is 0. The van der Waals surface area contributed by atoms with Crippen LogP contribution in [0.1, 0.15) is 54.2 Å². The van der Waals surface area contributed by atoms with Crippen LogP contribution in [0.5, 0.6) is 0 Å². The van der Waals surface area contributed by atoms with Crippen molar-refractivity contribution < 1.29 is 9.59 Å². The Morgan fingerprint density at radius 1 is 1.04 bits per heavy atom. The zero-order chi connectivity index (χ0) is 19.7. The Bertz CT molecular complexity index is 865. The minimum atomic E-state index is 0.0182. The maximum absolute atomic E-state index is 13.0. The van der Waals surface area contributed by atoms with Gasteiger partial charge in [0.25, 0.3) is 5.91 Å². The van der Waals surface area contributed by atoms with E-state index in [1.54, 1.807) is 10.9 Å². The number of carbonyl (C=O) groups is 2. The number of amides is 2. The highest BCUT2D eigenvalue weighted by Crippen LogP contribution is 2.25. The minimum Gasteiger partial charge on any atom is -0.339 e. The van der Waals surface area contributed by atoms with Crippen molar-refractivity contribution in [3.05, 3.63) is 53.3 Å².